The fourth-order valence-electron chi connectivity index (χ4n) is 2.45. The lowest BCUT2D eigenvalue weighted by Gasteiger charge is -2.20. The Morgan fingerprint density at radius 1 is 0.704 bits per heavy atom. The average Bonchev–Trinajstić information content (AvgIpc) is 2.68. The van der Waals surface area contributed by atoms with Gasteiger partial charge in [-0.2, -0.15) is 4.57 Å². The summed E-state index contributed by atoms with van der Waals surface area (Å²) in [5.41, 5.74) is 0.950. The minimum atomic E-state index is -3.96. The van der Waals surface area contributed by atoms with Gasteiger partial charge >= 0.3 is 7.82 Å². The molecule has 3 aromatic carbocycles. The topological polar surface area (TPSA) is 44.8 Å². The maximum absolute atomic E-state index is 13.5. The van der Waals surface area contributed by atoms with Crippen molar-refractivity contribution >= 4 is 23.8 Å². The first kappa shape index (κ1) is 19.5. The highest BCUT2D eigenvalue weighted by Crippen LogP contribution is 2.50. The van der Waals surface area contributed by atoms with Crippen LogP contribution < -0.4 is 13.6 Å². The number of phosphoric ester groups is 1. The average molecular weight is 447 g/mol. The van der Waals surface area contributed by atoms with Crippen LogP contribution in [-0.4, -0.2) is 5.33 Å². The molecule has 4 nitrogen and oxygen atoms in total. The molecule has 0 heterocycles. The molecule has 27 heavy (non-hydrogen) atoms. The van der Waals surface area contributed by atoms with E-state index in [9.17, 15) is 4.57 Å². The van der Waals surface area contributed by atoms with Crippen LogP contribution in [0.25, 0.3) is 0 Å². The van der Waals surface area contributed by atoms with E-state index in [4.69, 9.17) is 13.6 Å². The molecular formula is C21H20BrO4P. The smallest absolute Gasteiger partial charge is 0.386 e. The van der Waals surface area contributed by atoms with Crippen molar-refractivity contribution in [3.63, 3.8) is 0 Å². The van der Waals surface area contributed by atoms with Gasteiger partial charge in [0.2, 0.25) is 0 Å². The molecule has 0 N–H and O–H groups in total. The summed E-state index contributed by atoms with van der Waals surface area (Å²) >= 11 is 3.44. The number of halogens is 1. The van der Waals surface area contributed by atoms with E-state index in [0.717, 1.165) is 23.7 Å². The van der Waals surface area contributed by atoms with Gasteiger partial charge in [-0.3, -0.25) is 0 Å². The van der Waals surface area contributed by atoms with E-state index in [2.05, 4.69) is 15.9 Å². The summed E-state index contributed by atoms with van der Waals surface area (Å²) in [6, 6.07) is 25.2. The van der Waals surface area contributed by atoms with Crippen LogP contribution in [0.4, 0.5) is 0 Å². The molecule has 0 aliphatic carbocycles. The zero-order valence-corrected chi connectivity index (χ0v) is 17.1. The minimum Gasteiger partial charge on any atom is -0.386 e. The summed E-state index contributed by atoms with van der Waals surface area (Å²) in [6.07, 6.45) is 1.72. The van der Waals surface area contributed by atoms with Crippen molar-refractivity contribution in [1.82, 2.24) is 0 Å². The molecule has 0 fully saturated rings. The number of aryl methyl sites for hydroxylation is 1. The summed E-state index contributed by atoms with van der Waals surface area (Å²) in [5, 5.41) is 0.875. The molecule has 0 aromatic heterocycles. The standard InChI is InChI=1S/C21H20BrO4P/c22-17-9-11-18-10-7-8-16-21(18)26-27(23,24-19-12-3-1-4-13-19)25-20-14-5-2-6-15-20/h1-8,10,12-16H,9,11,17H2. The number of hydrogen-bond acceptors (Lipinski definition) is 4. The Balaban J connectivity index is 1.89. The third kappa shape index (κ3) is 5.88. The second-order valence-corrected chi connectivity index (χ2v) is 7.98. The highest BCUT2D eigenvalue weighted by molar-refractivity contribution is 9.09. The van der Waals surface area contributed by atoms with Gasteiger partial charge in [-0.15, -0.1) is 0 Å². The molecule has 140 valence electrons. The van der Waals surface area contributed by atoms with Gasteiger partial charge in [0.1, 0.15) is 17.2 Å². The number of benzene rings is 3. The Labute approximate surface area is 167 Å². The molecule has 0 saturated carbocycles. The van der Waals surface area contributed by atoms with E-state index in [-0.39, 0.29) is 0 Å². The molecule has 3 aromatic rings. The quantitative estimate of drug-likeness (QED) is 0.272. The second kappa shape index (κ2) is 9.63. The number of alkyl halides is 1. The van der Waals surface area contributed by atoms with Gasteiger partial charge in [0, 0.05) is 5.33 Å². The Hall–Kier alpha value is -2.23. The maximum atomic E-state index is 13.5. The lowest BCUT2D eigenvalue weighted by Crippen LogP contribution is -2.08. The Bertz CT molecular complexity index is 841. The largest absolute Gasteiger partial charge is 0.647 e. The molecule has 0 atom stereocenters. The third-order valence-electron chi connectivity index (χ3n) is 3.68. The number of para-hydroxylation sites is 3. The van der Waals surface area contributed by atoms with E-state index >= 15 is 0 Å². The molecule has 0 saturated heterocycles. The van der Waals surface area contributed by atoms with Crippen LogP contribution in [0.3, 0.4) is 0 Å². The normalized spacial score (nSPS) is 11.0. The summed E-state index contributed by atoms with van der Waals surface area (Å²) < 4.78 is 30.6. The van der Waals surface area contributed by atoms with Crippen LogP contribution in [0.15, 0.2) is 84.9 Å². The van der Waals surface area contributed by atoms with Crippen LogP contribution in [0.2, 0.25) is 0 Å². The van der Waals surface area contributed by atoms with E-state index in [1.807, 2.05) is 30.3 Å². The van der Waals surface area contributed by atoms with E-state index < -0.39 is 7.82 Å². The zero-order chi connectivity index (χ0) is 19.0. The van der Waals surface area contributed by atoms with Gasteiger partial charge in [0.05, 0.1) is 0 Å². The fourth-order valence-corrected chi connectivity index (χ4v) is 4.02. The SMILES string of the molecule is O=P(Oc1ccccc1)(Oc1ccccc1)Oc1ccccc1CCCBr. The van der Waals surface area contributed by atoms with Crippen LogP contribution in [0.1, 0.15) is 12.0 Å². The van der Waals surface area contributed by atoms with Crippen molar-refractivity contribution in [3.8, 4) is 17.2 Å². The summed E-state index contributed by atoms with van der Waals surface area (Å²) in [7, 11) is -3.96. The van der Waals surface area contributed by atoms with Crippen molar-refractivity contribution in [2.75, 3.05) is 5.33 Å². The van der Waals surface area contributed by atoms with Crippen molar-refractivity contribution in [1.29, 1.82) is 0 Å². The second-order valence-electron chi connectivity index (χ2n) is 5.75. The van der Waals surface area contributed by atoms with Gasteiger partial charge in [0.25, 0.3) is 0 Å². The molecule has 0 radical (unpaired) electrons. The molecule has 0 amide bonds. The highest BCUT2D eigenvalue weighted by Gasteiger charge is 2.33. The monoisotopic (exact) mass is 446 g/mol. The summed E-state index contributed by atoms with van der Waals surface area (Å²) in [6.45, 7) is 0. The number of hydrogen-bond donors (Lipinski definition) is 0. The molecule has 0 spiro atoms. The highest BCUT2D eigenvalue weighted by atomic mass is 79.9. The van der Waals surface area contributed by atoms with Crippen LogP contribution in [0.5, 0.6) is 17.2 Å². The number of phosphoric acid groups is 1. The van der Waals surface area contributed by atoms with E-state index in [1.165, 1.54) is 0 Å². The lowest BCUT2D eigenvalue weighted by molar-refractivity contribution is 0.297. The Kier molecular flexibility index (Phi) is 6.97. The molecular weight excluding hydrogens is 427 g/mol. The van der Waals surface area contributed by atoms with Gasteiger partial charge in [0.15, 0.2) is 0 Å². The van der Waals surface area contributed by atoms with Gasteiger partial charge in [-0.05, 0) is 48.7 Å². The molecule has 3 rings (SSSR count). The molecule has 6 heteroatoms. The van der Waals surface area contributed by atoms with Crippen molar-refractivity contribution in [2.24, 2.45) is 0 Å². The zero-order valence-electron chi connectivity index (χ0n) is 14.7. The van der Waals surface area contributed by atoms with Gasteiger partial charge in [-0.1, -0.05) is 70.5 Å². The Morgan fingerprint density at radius 3 is 1.78 bits per heavy atom. The minimum absolute atomic E-state index is 0.412. The van der Waals surface area contributed by atoms with Gasteiger partial charge in [-0.25, -0.2) is 0 Å². The van der Waals surface area contributed by atoms with Crippen molar-refractivity contribution in [3.05, 3.63) is 90.5 Å². The third-order valence-corrected chi connectivity index (χ3v) is 5.53. The van der Waals surface area contributed by atoms with Crippen LogP contribution in [0, 0.1) is 0 Å². The molecule has 0 aliphatic rings. The molecule has 0 aliphatic heterocycles. The van der Waals surface area contributed by atoms with Crippen LogP contribution in [-0.2, 0) is 11.0 Å². The first-order valence-corrected chi connectivity index (χ1v) is 11.2. The van der Waals surface area contributed by atoms with Gasteiger partial charge < -0.3 is 13.6 Å². The number of rotatable bonds is 9. The van der Waals surface area contributed by atoms with Crippen molar-refractivity contribution < 1.29 is 18.1 Å². The first-order valence-electron chi connectivity index (χ1n) is 8.61. The van der Waals surface area contributed by atoms with Crippen LogP contribution >= 0.6 is 23.8 Å². The fraction of sp³-hybridized carbons (Fsp3) is 0.143. The first-order chi connectivity index (χ1) is 13.2. The predicted molar refractivity (Wildman–Crippen MR) is 111 cm³/mol. The molecule has 0 bridgehead atoms. The molecule has 0 unspecified atom stereocenters. The predicted octanol–water partition coefficient (Wildman–Crippen LogP) is 6.66. The van der Waals surface area contributed by atoms with E-state index in [0.29, 0.717) is 17.2 Å². The lowest BCUT2D eigenvalue weighted by atomic mass is 10.1. The Morgan fingerprint density at radius 2 is 1.22 bits per heavy atom. The van der Waals surface area contributed by atoms with E-state index in [1.54, 1.807) is 54.6 Å². The van der Waals surface area contributed by atoms with Crippen molar-refractivity contribution in [2.45, 2.75) is 12.8 Å². The summed E-state index contributed by atoms with van der Waals surface area (Å²) in [4.78, 5) is 0. The summed E-state index contributed by atoms with van der Waals surface area (Å²) in [5.74, 6) is 1.32. The maximum Gasteiger partial charge on any atom is 0.647 e.